The average Bonchev–Trinajstić information content (AvgIpc) is 1.53. The number of rotatable bonds is 6. The number of benzene rings is 11. The molecule has 2 aromatic heterocycles. The lowest BCUT2D eigenvalue weighted by molar-refractivity contribution is -0.138. The van der Waals surface area contributed by atoms with Crippen LogP contribution in [0.5, 0.6) is 23.0 Å². The molecule has 0 spiro atoms. The van der Waals surface area contributed by atoms with E-state index in [1.807, 2.05) is 146 Å². The highest BCUT2D eigenvalue weighted by atomic mass is 19.4. The molecule has 0 amide bonds. The van der Waals surface area contributed by atoms with Gasteiger partial charge in [-0.1, -0.05) is 109 Å². The second-order valence-electron chi connectivity index (χ2n) is 20.4. The molecule has 15 rings (SSSR count). The number of nitriles is 2. The first-order valence-electron chi connectivity index (χ1n) is 26.7. The predicted molar refractivity (Wildman–Crippen MR) is 315 cm³/mol. The van der Waals surface area contributed by atoms with Crippen LogP contribution in [0.1, 0.15) is 22.3 Å². The van der Waals surface area contributed by atoms with Gasteiger partial charge < -0.3 is 28.4 Å². The number of halogens is 6. The molecule has 0 atom stereocenters. The average molecular weight is 1110 g/mol. The molecule has 0 radical (unpaired) electrons. The number of anilines is 6. The third-order valence-corrected chi connectivity index (χ3v) is 15.8. The molecule has 0 unspecified atom stereocenters. The normalized spacial score (nSPS) is 12.8. The van der Waals surface area contributed by atoms with Gasteiger partial charge in [0.2, 0.25) is 0 Å². The molecule has 0 bridgehead atoms. The molecule has 2 aliphatic rings. The number of alkyl halides is 6. The van der Waals surface area contributed by atoms with Gasteiger partial charge in [-0.3, -0.25) is 0 Å². The van der Waals surface area contributed by atoms with Gasteiger partial charge in [-0.05, 0) is 132 Å². The predicted octanol–water partition coefficient (Wildman–Crippen LogP) is 20.1. The Kier molecular flexibility index (Phi) is 11.1. The van der Waals surface area contributed by atoms with Crippen LogP contribution >= 0.6 is 0 Å². The van der Waals surface area contributed by atoms with Crippen LogP contribution in [-0.2, 0) is 12.4 Å². The second-order valence-corrected chi connectivity index (χ2v) is 20.4. The van der Waals surface area contributed by atoms with E-state index in [1.165, 1.54) is 12.1 Å². The summed E-state index contributed by atoms with van der Waals surface area (Å²) in [5, 5.41) is 25.4. The Labute approximate surface area is 474 Å². The van der Waals surface area contributed by atoms with E-state index in [-0.39, 0.29) is 33.3 Å². The van der Waals surface area contributed by atoms with Crippen molar-refractivity contribution in [2.24, 2.45) is 0 Å². The molecule has 14 heteroatoms. The summed E-state index contributed by atoms with van der Waals surface area (Å²) in [6.07, 6.45) is -9.43. The van der Waals surface area contributed by atoms with E-state index < -0.39 is 23.5 Å². The summed E-state index contributed by atoms with van der Waals surface area (Å²) in [5.74, 6) is 1.86. The maximum atomic E-state index is 14.8. The van der Waals surface area contributed by atoms with Crippen LogP contribution in [0.2, 0.25) is 0 Å². The number of hydrogen-bond donors (Lipinski definition) is 0. The molecule has 0 aliphatic carbocycles. The first-order chi connectivity index (χ1) is 40.9. The van der Waals surface area contributed by atoms with Crippen molar-refractivity contribution in [3.8, 4) is 68.8 Å². The highest BCUT2D eigenvalue weighted by Gasteiger charge is 2.37. The van der Waals surface area contributed by atoms with Crippen LogP contribution in [0.3, 0.4) is 0 Å². The van der Waals surface area contributed by atoms with Gasteiger partial charge in [-0.2, -0.15) is 36.9 Å². The number of para-hydroxylation sites is 8. The minimum atomic E-state index is -4.72. The van der Waals surface area contributed by atoms with Crippen LogP contribution < -0.4 is 19.3 Å². The molecule has 0 N–H and O–H groups in total. The Balaban J connectivity index is 1.14. The van der Waals surface area contributed by atoms with Crippen LogP contribution in [0, 0.1) is 22.7 Å². The third-order valence-electron chi connectivity index (χ3n) is 15.8. The first-order valence-corrected chi connectivity index (χ1v) is 26.7. The molecule has 0 saturated heterocycles. The zero-order valence-corrected chi connectivity index (χ0v) is 43.7. The zero-order valence-electron chi connectivity index (χ0n) is 43.7. The summed E-state index contributed by atoms with van der Waals surface area (Å²) in [6, 6.07) is 71.6. The van der Waals surface area contributed by atoms with Crippen molar-refractivity contribution in [1.29, 1.82) is 10.5 Å². The lowest BCUT2D eigenvalue weighted by Crippen LogP contribution is -2.16. The molecule has 0 saturated carbocycles. The third kappa shape index (κ3) is 7.61. The monoisotopic (exact) mass is 1110 g/mol. The topological polar surface area (TPSA) is 82.4 Å². The molecular formula is C70H38F6N6O2. The summed E-state index contributed by atoms with van der Waals surface area (Å²) >= 11 is 0. The molecule has 402 valence electrons. The van der Waals surface area contributed by atoms with Crippen molar-refractivity contribution in [2.45, 2.75) is 12.4 Å². The van der Waals surface area contributed by atoms with E-state index in [1.54, 1.807) is 57.7 Å². The van der Waals surface area contributed by atoms with E-state index >= 15 is 0 Å². The van der Waals surface area contributed by atoms with Crippen LogP contribution in [0.4, 0.5) is 60.5 Å². The lowest BCUT2D eigenvalue weighted by atomic mass is 9.85. The van der Waals surface area contributed by atoms with Gasteiger partial charge in [0.15, 0.2) is 23.0 Å². The number of nitrogens with zero attached hydrogens (tertiary/aromatic N) is 6. The molecule has 84 heavy (non-hydrogen) atoms. The van der Waals surface area contributed by atoms with Gasteiger partial charge >= 0.3 is 12.4 Å². The number of ether oxygens (including phenoxy) is 2. The van der Waals surface area contributed by atoms with E-state index in [4.69, 9.17) is 9.47 Å². The van der Waals surface area contributed by atoms with Crippen molar-refractivity contribution in [3.05, 3.63) is 253 Å². The van der Waals surface area contributed by atoms with Crippen LogP contribution in [0.15, 0.2) is 231 Å². The largest absolute Gasteiger partial charge is 0.453 e. The van der Waals surface area contributed by atoms with Gasteiger partial charge in [0, 0.05) is 44.0 Å². The van der Waals surface area contributed by atoms with E-state index in [2.05, 4.69) is 21.9 Å². The number of fused-ring (bicyclic) bond motifs is 10. The molecule has 11 aromatic carbocycles. The van der Waals surface area contributed by atoms with Crippen LogP contribution in [0.25, 0.3) is 77.2 Å². The van der Waals surface area contributed by atoms with Crippen molar-refractivity contribution < 1.29 is 35.8 Å². The Morgan fingerprint density at radius 3 is 1.10 bits per heavy atom. The Morgan fingerprint density at radius 1 is 0.333 bits per heavy atom. The molecule has 0 fully saturated rings. The van der Waals surface area contributed by atoms with Crippen LogP contribution in [-0.4, -0.2) is 9.13 Å². The fraction of sp³-hybridized carbons (Fsp3) is 0.0286. The fourth-order valence-electron chi connectivity index (χ4n) is 12.3. The summed E-state index contributed by atoms with van der Waals surface area (Å²) in [4.78, 5) is 4.14. The molecule has 8 nitrogen and oxygen atoms in total. The second kappa shape index (κ2) is 18.7. The summed E-state index contributed by atoms with van der Waals surface area (Å²) in [7, 11) is 0. The highest BCUT2D eigenvalue weighted by Crippen LogP contribution is 2.57. The summed E-state index contributed by atoms with van der Waals surface area (Å²) < 4.78 is 106. The number of aromatic nitrogens is 2. The van der Waals surface area contributed by atoms with Gasteiger partial charge in [0.1, 0.15) is 12.1 Å². The quantitative estimate of drug-likeness (QED) is 0.154. The van der Waals surface area contributed by atoms with Gasteiger partial charge in [0.05, 0.1) is 78.4 Å². The molecule has 2 aliphatic heterocycles. The minimum Gasteiger partial charge on any atom is -0.453 e. The van der Waals surface area contributed by atoms with E-state index in [0.717, 1.165) is 47.0 Å². The molecule has 4 heterocycles. The van der Waals surface area contributed by atoms with Gasteiger partial charge in [-0.15, -0.1) is 0 Å². The fourth-order valence-corrected chi connectivity index (χ4v) is 12.3. The van der Waals surface area contributed by atoms with Crippen molar-refractivity contribution in [1.82, 2.24) is 9.13 Å². The smallest absolute Gasteiger partial charge is 0.416 e. The Morgan fingerprint density at radius 2 is 0.690 bits per heavy atom. The minimum absolute atomic E-state index is 0.143. The first kappa shape index (κ1) is 49.8. The van der Waals surface area contributed by atoms with Gasteiger partial charge in [0.25, 0.3) is 0 Å². The van der Waals surface area contributed by atoms with Crippen molar-refractivity contribution >= 4 is 77.7 Å². The van der Waals surface area contributed by atoms with E-state index in [9.17, 15) is 36.9 Å². The number of hydrogen-bond acceptors (Lipinski definition) is 6. The van der Waals surface area contributed by atoms with E-state index in [0.29, 0.717) is 89.5 Å². The molecule has 13 aromatic rings. The summed E-state index contributed by atoms with van der Waals surface area (Å²) in [5.41, 5.74) is 5.67. The lowest BCUT2D eigenvalue weighted by Gasteiger charge is -2.34. The van der Waals surface area contributed by atoms with Crippen molar-refractivity contribution in [2.75, 3.05) is 9.80 Å². The Bertz CT molecular complexity index is 4680. The SMILES string of the molecule is N#Cc1c(C#N)c(-n2c3ccccc3c3cc(C(F)(F)F)ccc32)c(-c2ccc3c(c2)Oc2ccccc2N3c2ccccc2)c(-c2ccc3c(c2)Oc2ccccc2N3c2ccccc2)c1-n1c2ccccc2c2cc(C(F)(F)F)ccc21. The highest BCUT2D eigenvalue weighted by molar-refractivity contribution is 6.14. The Hall–Kier alpha value is -11.2. The maximum absolute atomic E-state index is 14.8. The standard InChI is InChI=1S/C70H38F6N6O2/c71-69(72,73)43-29-33-55-49(37-43)47-19-7-9-21-53(47)81(55)67-51(39-77)52(40-78)68(82-54-22-10-8-20-48(54)50-38-44(70(74,75)76)30-34-56(50)82)66(42-28-32-60-64(36-42)84-62-26-14-12-24-58(62)80(60)46-17-5-2-6-18-46)65(67)41-27-31-59-63(35-41)83-61-25-13-11-23-57(61)79(59)45-15-3-1-4-16-45/h1-38H. The maximum Gasteiger partial charge on any atom is 0.416 e. The zero-order chi connectivity index (χ0) is 57.2. The summed E-state index contributed by atoms with van der Waals surface area (Å²) in [6.45, 7) is 0. The van der Waals surface area contributed by atoms with Gasteiger partial charge in [-0.25, -0.2) is 0 Å². The van der Waals surface area contributed by atoms with Crippen molar-refractivity contribution in [3.63, 3.8) is 0 Å². The molecular weight excluding hydrogens is 1070 g/mol.